The lowest BCUT2D eigenvalue weighted by atomic mass is 10.1. The van der Waals surface area contributed by atoms with E-state index in [1.54, 1.807) is 0 Å². The van der Waals surface area contributed by atoms with Crippen LogP contribution in [0.2, 0.25) is 0 Å². The summed E-state index contributed by atoms with van der Waals surface area (Å²) in [4.78, 5) is 13.4. The molecule has 3 rings (SSSR count). The van der Waals surface area contributed by atoms with Crippen LogP contribution in [0.4, 0.5) is 0 Å². The molecule has 0 aromatic heterocycles. The Kier molecular flexibility index (Phi) is 2.26. The number of carboxylic acids is 1. The molecule has 90 valence electrons. The van der Waals surface area contributed by atoms with E-state index in [1.807, 2.05) is 18.2 Å². The molecule has 0 bridgehead atoms. The normalized spacial score (nSPS) is 35.6. The topological polar surface area (TPSA) is 40.5 Å². The molecule has 2 fully saturated rings. The van der Waals surface area contributed by atoms with Crippen molar-refractivity contribution in [2.24, 2.45) is 17.3 Å². The molecule has 2 aliphatic rings. The molecule has 1 saturated carbocycles. The van der Waals surface area contributed by atoms with Gasteiger partial charge in [0, 0.05) is 19.6 Å². The van der Waals surface area contributed by atoms with Crippen LogP contribution >= 0.6 is 0 Å². The lowest BCUT2D eigenvalue weighted by molar-refractivity contribution is -0.140. The molecule has 0 spiro atoms. The summed E-state index contributed by atoms with van der Waals surface area (Å²) in [6, 6.07) is 10.4. The largest absolute Gasteiger partial charge is 0.481 e. The van der Waals surface area contributed by atoms with Gasteiger partial charge in [0.15, 0.2) is 0 Å². The highest BCUT2D eigenvalue weighted by Crippen LogP contribution is 2.63. The van der Waals surface area contributed by atoms with Crippen LogP contribution in [-0.4, -0.2) is 29.1 Å². The molecule has 1 aromatic carbocycles. The summed E-state index contributed by atoms with van der Waals surface area (Å²) in [7, 11) is 0. The molecule has 1 aromatic rings. The highest BCUT2D eigenvalue weighted by Gasteiger charge is 2.69. The summed E-state index contributed by atoms with van der Waals surface area (Å²) in [5, 5.41) is 9.08. The lowest BCUT2D eigenvalue weighted by Gasteiger charge is -2.20. The first-order valence-corrected chi connectivity index (χ1v) is 6.10. The van der Waals surface area contributed by atoms with Gasteiger partial charge in [-0.2, -0.15) is 0 Å². The van der Waals surface area contributed by atoms with Gasteiger partial charge in [-0.25, -0.2) is 0 Å². The van der Waals surface area contributed by atoms with E-state index in [1.165, 1.54) is 5.56 Å². The fourth-order valence-corrected chi connectivity index (χ4v) is 3.43. The summed E-state index contributed by atoms with van der Waals surface area (Å²) in [5.74, 6) is -0.352. The molecule has 1 N–H and O–H groups in total. The Balaban J connectivity index is 1.63. The second-order valence-corrected chi connectivity index (χ2v) is 5.58. The van der Waals surface area contributed by atoms with Crippen LogP contribution < -0.4 is 0 Å². The van der Waals surface area contributed by atoms with E-state index in [-0.39, 0.29) is 11.3 Å². The van der Waals surface area contributed by atoms with Crippen molar-refractivity contribution < 1.29 is 9.90 Å². The number of piperidine rings is 1. The number of rotatable bonds is 3. The van der Waals surface area contributed by atoms with Crippen molar-refractivity contribution in [3.05, 3.63) is 35.9 Å². The maximum atomic E-state index is 11.0. The zero-order chi connectivity index (χ0) is 12.0. The first-order valence-electron chi connectivity index (χ1n) is 6.10. The number of hydrogen-bond acceptors (Lipinski definition) is 2. The number of likely N-dealkylation sites (tertiary alicyclic amines) is 1. The van der Waals surface area contributed by atoms with E-state index in [2.05, 4.69) is 24.0 Å². The molecule has 1 aliphatic carbocycles. The number of nitrogens with zero attached hydrogens (tertiary/aromatic N) is 1. The third-order valence-electron chi connectivity index (χ3n) is 4.39. The fraction of sp³-hybridized carbons (Fsp3) is 0.500. The molecule has 3 unspecified atom stereocenters. The van der Waals surface area contributed by atoms with Crippen LogP contribution in [0.5, 0.6) is 0 Å². The third-order valence-corrected chi connectivity index (χ3v) is 4.39. The van der Waals surface area contributed by atoms with Crippen molar-refractivity contribution in [2.45, 2.75) is 13.5 Å². The molecule has 3 heteroatoms. The van der Waals surface area contributed by atoms with E-state index in [0.29, 0.717) is 5.92 Å². The number of hydrogen-bond donors (Lipinski definition) is 1. The minimum Gasteiger partial charge on any atom is -0.481 e. The number of carbonyl (C=O) groups is 1. The van der Waals surface area contributed by atoms with E-state index in [0.717, 1.165) is 19.6 Å². The monoisotopic (exact) mass is 231 g/mol. The van der Waals surface area contributed by atoms with Crippen molar-refractivity contribution in [3.8, 4) is 0 Å². The van der Waals surface area contributed by atoms with Gasteiger partial charge in [-0.1, -0.05) is 37.3 Å². The van der Waals surface area contributed by atoms with Crippen LogP contribution in [0, 0.1) is 17.3 Å². The van der Waals surface area contributed by atoms with Gasteiger partial charge in [-0.05, 0) is 16.9 Å². The summed E-state index contributed by atoms with van der Waals surface area (Å²) < 4.78 is 0. The predicted octanol–water partition coefficient (Wildman–Crippen LogP) is 1.84. The quantitative estimate of drug-likeness (QED) is 0.863. The Bertz CT molecular complexity index is 445. The van der Waals surface area contributed by atoms with Crippen molar-refractivity contribution in [2.75, 3.05) is 13.1 Å². The lowest BCUT2D eigenvalue weighted by Crippen LogP contribution is -2.28. The van der Waals surface area contributed by atoms with Gasteiger partial charge in [0.1, 0.15) is 0 Å². The smallest absolute Gasteiger partial charge is 0.307 e. The zero-order valence-corrected chi connectivity index (χ0v) is 9.97. The van der Waals surface area contributed by atoms with Crippen molar-refractivity contribution in [3.63, 3.8) is 0 Å². The Morgan fingerprint density at radius 1 is 1.47 bits per heavy atom. The second kappa shape index (κ2) is 3.57. The van der Waals surface area contributed by atoms with Gasteiger partial charge in [0.2, 0.25) is 0 Å². The molecular weight excluding hydrogens is 214 g/mol. The number of benzene rings is 1. The number of aliphatic carboxylic acids is 1. The summed E-state index contributed by atoms with van der Waals surface area (Å²) >= 11 is 0. The molecular formula is C14H17NO2. The fourth-order valence-electron chi connectivity index (χ4n) is 3.43. The minimum absolute atomic E-state index is 0.0284. The van der Waals surface area contributed by atoms with Crippen LogP contribution in [0.25, 0.3) is 0 Å². The van der Waals surface area contributed by atoms with E-state index >= 15 is 0 Å². The van der Waals surface area contributed by atoms with Gasteiger partial charge in [-0.15, -0.1) is 0 Å². The van der Waals surface area contributed by atoms with Gasteiger partial charge in [-0.3, -0.25) is 9.69 Å². The maximum absolute atomic E-state index is 11.0. The first-order chi connectivity index (χ1) is 8.11. The van der Waals surface area contributed by atoms with E-state index < -0.39 is 5.97 Å². The molecule has 1 aliphatic heterocycles. The van der Waals surface area contributed by atoms with E-state index in [4.69, 9.17) is 5.11 Å². The van der Waals surface area contributed by atoms with Crippen LogP contribution in [0.15, 0.2) is 30.3 Å². The van der Waals surface area contributed by atoms with Crippen LogP contribution in [-0.2, 0) is 11.3 Å². The highest BCUT2D eigenvalue weighted by molar-refractivity contribution is 5.76. The maximum Gasteiger partial charge on any atom is 0.307 e. The summed E-state index contributed by atoms with van der Waals surface area (Å²) in [6.07, 6.45) is 0. The Morgan fingerprint density at radius 3 is 2.71 bits per heavy atom. The molecule has 3 atom stereocenters. The Hall–Kier alpha value is -1.35. The van der Waals surface area contributed by atoms with Gasteiger partial charge in [0.25, 0.3) is 0 Å². The molecule has 1 saturated heterocycles. The second-order valence-electron chi connectivity index (χ2n) is 5.58. The third kappa shape index (κ3) is 1.65. The van der Waals surface area contributed by atoms with Crippen LogP contribution in [0.3, 0.4) is 0 Å². The summed E-state index contributed by atoms with van der Waals surface area (Å²) in [5.41, 5.74) is 1.34. The molecule has 0 radical (unpaired) electrons. The predicted molar refractivity (Wildman–Crippen MR) is 64.4 cm³/mol. The van der Waals surface area contributed by atoms with Gasteiger partial charge < -0.3 is 5.11 Å². The average molecular weight is 231 g/mol. The molecule has 1 heterocycles. The highest BCUT2D eigenvalue weighted by atomic mass is 16.4. The zero-order valence-electron chi connectivity index (χ0n) is 9.97. The minimum atomic E-state index is -0.614. The van der Waals surface area contributed by atoms with Crippen molar-refractivity contribution in [1.29, 1.82) is 0 Å². The van der Waals surface area contributed by atoms with Gasteiger partial charge >= 0.3 is 5.97 Å². The average Bonchev–Trinajstić information content (AvgIpc) is 2.70. The summed E-state index contributed by atoms with van der Waals surface area (Å²) in [6.45, 7) is 4.91. The number of fused-ring (bicyclic) bond motifs is 1. The van der Waals surface area contributed by atoms with Crippen molar-refractivity contribution >= 4 is 5.97 Å². The Labute approximate surface area is 101 Å². The van der Waals surface area contributed by atoms with Crippen molar-refractivity contribution in [1.82, 2.24) is 4.90 Å². The van der Waals surface area contributed by atoms with Gasteiger partial charge in [0.05, 0.1) is 5.92 Å². The molecule has 3 nitrogen and oxygen atoms in total. The molecule has 17 heavy (non-hydrogen) atoms. The number of carboxylic acid groups (broad SMARTS) is 1. The molecule has 0 amide bonds. The van der Waals surface area contributed by atoms with E-state index in [9.17, 15) is 4.79 Å². The standard InChI is InChI=1S/C14H17NO2/c1-14-9-15(7-10-5-3-2-4-6-10)8-11(14)12(14)13(16)17/h2-6,11-12H,7-9H2,1H3,(H,16,17). The SMILES string of the molecule is CC12CN(Cc3ccccc3)CC1C2C(=O)O. The first kappa shape index (κ1) is 10.8. The van der Waals surface area contributed by atoms with Crippen LogP contribution in [0.1, 0.15) is 12.5 Å². The Morgan fingerprint density at radius 2 is 2.18 bits per heavy atom.